The van der Waals surface area contributed by atoms with Gasteiger partial charge in [0.05, 0.1) is 69.1 Å². The standard InChI is InChI=1S/C39H42N4O7/c1-46-28-9-7-23(8-10-28)25-14-26-20-40-31-18-36(34(47-2)16-29(31)38(44)42(26)22-25)49-11-5-4-6-12-50-37-19-32-30(17-35(37)48-3)39(45)43-27(21-41-32)13-24-15-33(24)43/h7-10,16-19,21-22,24,26-27,33,40H,4-6,11-15,20H2,1-3H3/t24-,26+,27+,33+/m1/s1. The molecular formula is C39H42N4O7. The third-order valence-electron chi connectivity index (χ3n) is 10.5. The van der Waals surface area contributed by atoms with Gasteiger partial charge in [0.25, 0.3) is 11.8 Å². The molecule has 0 bridgehead atoms. The number of fused-ring (bicyclic) bond motifs is 6. The predicted molar refractivity (Wildman–Crippen MR) is 189 cm³/mol. The lowest BCUT2D eigenvalue weighted by Crippen LogP contribution is -2.38. The first-order valence-electron chi connectivity index (χ1n) is 17.4. The molecule has 1 N–H and O–H groups in total. The second-order valence-corrected chi connectivity index (χ2v) is 13.5. The number of aliphatic imine (C=N–C) groups is 1. The smallest absolute Gasteiger partial charge is 0.260 e. The van der Waals surface area contributed by atoms with E-state index in [9.17, 15) is 9.59 Å². The van der Waals surface area contributed by atoms with E-state index >= 15 is 0 Å². The molecule has 0 unspecified atom stereocenters. The zero-order chi connectivity index (χ0) is 34.4. The van der Waals surface area contributed by atoms with E-state index in [-0.39, 0.29) is 23.9 Å². The zero-order valence-corrected chi connectivity index (χ0v) is 28.6. The number of nitrogens with zero attached hydrogens (tertiary/aromatic N) is 3. The monoisotopic (exact) mass is 678 g/mol. The molecule has 3 aromatic carbocycles. The lowest BCUT2D eigenvalue weighted by Gasteiger charge is -2.23. The van der Waals surface area contributed by atoms with Crippen molar-refractivity contribution in [3.8, 4) is 28.7 Å². The average molecular weight is 679 g/mol. The topological polar surface area (TPSA) is 111 Å². The van der Waals surface area contributed by atoms with E-state index in [2.05, 4.69) is 10.3 Å². The first-order valence-corrected chi connectivity index (χ1v) is 17.4. The molecule has 11 heteroatoms. The molecule has 11 nitrogen and oxygen atoms in total. The number of hydrogen-bond acceptors (Lipinski definition) is 9. The van der Waals surface area contributed by atoms with Gasteiger partial charge < -0.3 is 38.8 Å². The van der Waals surface area contributed by atoms with E-state index in [1.807, 2.05) is 58.6 Å². The zero-order valence-electron chi connectivity index (χ0n) is 28.6. The van der Waals surface area contributed by atoms with Crippen LogP contribution in [0.2, 0.25) is 0 Å². The molecule has 0 aromatic heterocycles. The Morgan fingerprint density at radius 1 is 0.800 bits per heavy atom. The van der Waals surface area contributed by atoms with Crippen molar-refractivity contribution in [2.24, 2.45) is 10.9 Å². The van der Waals surface area contributed by atoms with Crippen LogP contribution in [0.1, 0.15) is 64.8 Å². The minimum Gasteiger partial charge on any atom is -0.497 e. The summed E-state index contributed by atoms with van der Waals surface area (Å²) in [5.74, 6) is 3.64. The van der Waals surface area contributed by atoms with E-state index in [0.29, 0.717) is 71.5 Å². The first kappa shape index (κ1) is 32.0. The Kier molecular flexibility index (Phi) is 8.50. The fraction of sp³-hybridized carbons (Fsp3) is 0.410. The predicted octanol–water partition coefficient (Wildman–Crippen LogP) is 6.34. The molecular weight excluding hydrogens is 636 g/mol. The summed E-state index contributed by atoms with van der Waals surface area (Å²) < 4.78 is 28.8. The summed E-state index contributed by atoms with van der Waals surface area (Å²) in [7, 11) is 4.83. The molecule has 1 saturated carbocycles. The van der Waals surface area contributed by atoms with E-state index in [1.54, 1.807) is 33.5 Å². The van der Waals surface area contributed by atoms with Crippen molar-refractivity contribution in [3.63, 3.8) is 0 Å². The summed E-state index contributed by atoms with van der Waals surface area (Å²) >= 11 is 0. The summed E-state index contributed by atoms with van der Waals surface area (Å²) in [4.78, 5) is 35.6. The molecule has 1 aliphatic carbocycles. The maximum absolute atomic E-state index is 13.7. The third kappa shape index (κ3) is 5.88. The van der Waals surface area contributed by atoms with Crippen LogP contribution in [0.25, 0.3) is 5.57 Å². The van der Waals surface area contributed by atoms with Crippen molar-refractivity contribution in [2.45, 2.75) is 56.7 Å². The van der Waals surface area contributed by atoms with Gasteiger partial charge >= 0.3 is 0 Å². The van der Waals surface area contributed by atoms with Crippen LogP contribution >= 0.6 is 0 Å². The van der Waals surface area contributed by atoms with Crippen molar-refractivity contribution in [1.29, 1.82) is 0 Å². The highest BCUT2D eigenvalue weighted by molar-refractivity contribution is 6.04. The number of unbranched alkanes of at least 4 members (excludes halogenated alkanes) is 2. The number of piperidine rings is 1. The van der Waals surface area contributed by atoms with Crippen LogP contribution in [0.15, 0.2) is 59.7 Å². The normalized spacial score (nSPS) is 22.6. The molecule has 5 aliphatic rings. The lowest BCUT2D eigenvalue weighted by atomic mass is 10.0. The van der Waals surface area contributed by atoms with E-state index in [0.717, 1.165) is 61.1 Å². The van der Waals surface area contributed by atoms with Gasteiger partial charge in [-0.2, -0.15) is 0 Å². The van der Waals surface area contributed by atoms with E-state index in [1.165, 1.54) is 0 Å². The van der Waals surface area contributed by atoms with Gasteiger partial charge in [0.1, 0.15) is 5.75 Å². The summed E-state index contributed by atoms with van der Waals surface area (Å²) in [5.41, 5.74) is 4.70. The van der Waals surface area contributed by atoms with Crippen molar-refractivity contribution in [3.05, 3.63) is 71.4 Å². The molecule has 260 valence electrons. The van der Waals surface area contributed by atoms with Crippen LogP contribution in [0.3, 0.4) is 0 Å². The maximum atomic E-state index is 13.7. The van der Waals surface area contributed by atoms with E-state index in [4.69, 9.17) is 23.7 Å². The molecule has 4 aliphatic heterocycles. The highest BCUT2D eigenvalue weighted by Crippen LogP contribution is 2.50. The van der Waals surface area contributed by atoms with Crippen LogP contribution in [-0.4, -0.2) is 87.0 Å². The number of carbonyl (C=O) groups is 2. The quantitative estimate of drug-likeness (QED) is 0.221. The van der Waals surface area contributed by atoms with Crippen molar-refractivity contribution < 1.29 is 33.3 Å². The number of hydrogen-bond donors (Lipinski definition) is 1. The summed E-state index contributed by atoms with van der Waals surface area (Å²) in [6, 6.07) is 15.6. The molecule has 50 heavy (non-hydrogen) atoms. The summed E-state index contributed by atoms with van der Waals surface area (Å²) in [6.07, 6.45) is 9.24. The van der Waals surface area contributed by atoms with Crippen molar-refractivity contribution in [1.82, 2.24) is 9.80 Å². The van der Waals surface area contributed by atoms with Gasteiger partial charge in [-0.25, -0.2) is 0 Å². The molecule has 0 radical (unpaired) electrons. The Labute approximate surface area is 291 Å². The Hall–Kier alpha value is -5.19. The van der Waals surface area contributed by atoms with Gasteiger partial charge in [0.15, 0.2) is 23.0 Å². The first-order chi connectivity index (χ1) is 24.4. The number of nitrogens with one attached hydrogen (secondary N) is 1. The van der Waals surface area contributed by atoms with Crippen molar-refractivity contribution >= 4 is 35.0 Å². The highest BCUT2D eigenvalue weighted by Gasteiger charge is 2.54. The molecule has 8 rings (SSSR count). The minimum atomic E-state index is -0.0652. The van der Waals surface area contributed by atoms with Gasteiger partial charge in [-0.3, -0.25) is 14.6 Å². The minimum absolute atomic E-state index is 0.00808. The molecule has 4 atom stereocenters. The van der Waals surface area contributed by atoms with Gasteiger partial charge in [0.2, 0.25) is 0 Å². The fourth-order valence-corrected chi connectivity index (χ4v) is 7.67. The maximum Gasteiger partial charge on any atom is 0.260 e. The Morgan fingerprint density at radius 3 is 2.24 bits per heavy atom. The number of anilines is 1. The van der Waals surface area contributed by atoms with Gasteiger partial charge in [0, 0.05) is 37.1 Å². The van der Waals surface area contributed by atoms with Crippen LogP contribution in [0, 0.1) is 5.92 Å². The number of rotatable bonds is 12. The van der Waals surface area contributed by atoms with Crippen molar-refractivity contribution in [2.75, 3.05) is 46.4 Å². The second kappa shape index (κ2) is 13.3. The molecule has 4 heterocycles. The number of carbonyl (C=O) groups excluding carboxylic acids is 2. The fourth-order valence-electron chi connectivity index (χ4n) is 7.67. The largest absolute Gasteiger partial charge is 0.497 e. The molecule has 0 spiro atoms. The summed E-state index contributed by atoms with van der Waals surface area (Å²) in [5, 5.41) is 3.48. The molecule has 2 amide bonds. The van der Waals surface area contributed by atoms with Crippen LogP contribution in [-0.2, 0) is 0 Å². The molecule has 3 aromatic rings. The number of benzene rings is 3. The van der Waals surface area contributed by atoms with Gasteiger partial charge in [-0.05, 0) is 79.8 Å². The second-order valence-electron chi connectivity index (χ2n) is 13.5. The SMILES string of the molecule is COc1ccc(C2=CN3C(=O)c4cc(OC)c(OCCCCCOc5cc6c(cc5OC)C(=O)N5[C@H](C=N6)C[C@@H]6C[C@@H]65)cc4NC[C@@H]3C2)cc1. The van der Waals surface area contributed by atoms with Crippen LogP contribution in [0.5, 0.6) is 28.7 Å². The summed E-state index contributed by atoms with van der Waals surface area (Å²) in [6.45, 7) is 1.61. The third-order valence-corrected chi connectivity index (χ3v) is 10.5. The van der Waals surface area contributed by atoms with Crippen LogP contribution in [0.4, 0.5) is 11.4 Å². The van der Waals surface area contributed by atoms with Gasteiger partial charge in [-0.15, -0.1) is 0 Å². The number of ether oxygens (including phenoxy) is 5. The van der Waals surface area contributed by atoms with E-state index < -0.39 is 0 Å². The molecule has 1 saturated heterocycles. The Balaban J connectivity index is 0.850. The number of methoxy groups -OCH3 is 3. The Morgan fingerprint density at radius 2 is 1.52 bits per heavy atom. The highest BCUT2D eigenvalue weighted by atomic mass is 16.5. The lowest BCUT2D eigenvalue weighted by molar-refractivity contribution is 0.0745. The average Bonchev–Trinajstić information content (AvgIpc) is 3.68. The van der Waals surface area contributed by atoms with Gasteiger partial charge in [-0.1, -0.05) is 12.1 Å². The molecule has 2 fully saturated rings. The Bertz CT molecular complexity index is 1870. The number of amides is 2. The van der Waals surface area contributed by atoms with Crippen LogP contribution < -0.4 is 29.0 Å².